The van der Waals surface area contributed by atoms with Crippen LogP contribution in [0.1, 0.15) is 29.1 Å². The van der Waals surface area contributed by atoms with Gasteiger partial charge in [-0.25, -0.2) is 0 Å². The normalized spacial score (nSPS) is 18.1. The van der Waals surface area contributed by atoms with Gasteiger partial charge in [0.2, 0.25) is 0 Å². The van der Waals surface area contributed by atoms with E-state index in [1.54, 1.807) is 12.3 Å². The van der Waals surface area contributed by atoms with Crippen LogP contribution in [0, 0.1) is 6.92 Å². The first kappa shape index (κ1) is 21.0. The lowest BCUT2D eigenvalue weighted by Crippen LogP contribution is -2.29. The fourth-order valence-electron chi connectivity index (χ4n) is 3.98. The molecule has 32 heavy (non-hydrogen) atoms. The third kappa shape index (κ3) is 3.77. The van der Waals surface area contributed by atoms with E-state index in [2.05, 4.69) is 46.4 Å². The molecule has 0 spiro atoms. The number of pyridine rings is 1. The van der Waals surface area contributed by atoms with E-state index >= 15 is 0 Å². The molecule has 160 valence electrons. The van der Waals surface area contributed by atoms with E-state index in [0.29, 0.717) is 20.9 Å². The average Bonchev–Trinajstić information content (AvgIpc) is 3.41. The number of aryl methyl sites for hydroxylation is 1. The van der Waals surface area contributed by atoms with Gasteiger partial charge in [-0.3, -0.25) is 4.98 Å². The van der Waals surface area contributed by atoms with Gasteiger partial charge in [0.25, 0.3) is 0 Å². The van der Waals surface area contributed by atoms with E-state index in [9.17, 15) is 0 Å². The van der Waals surface area contributed by atoms with Crippen LogP contribution in [0.15, 0.2) is 83.4 Å². The Balaban J connectivity index is 1.61. The molecule has 2 aromatic heterocycles. The molecule has 0 aliphatic carbocycles. The summed E-state index contributed by atoms with van der Waals surface area (Å²) in [4.78, 5) is 6.65. The minimum atomic E-state index is -0.230. The Labute approximate surface area is 201 Å². The number of nitrogens with zero attached hydrogens (tertiary/aromatic N) is 2. The van der Waals surface area contributed by atoms with Crippen molar-refractivity contribution in [3.05, 3.63) is 106 Å². The summed E-state index contributed by atoms with van der Waals surface area (Å²) in [6, 6.07) is 23.1. The zero-order valence-corrected chi connectivity index (χ0v) is 19.5. The van der Waals surface area contributed by atoms with Gasteiger partial charge in [-0.05, 0) is 67.7 Å². The molecule has 3 heterocycles. The highest BCUT2D eigenvalue weighted by Crippen LogP contribution is 2.43. The smallest absolute Gasteiger partial charge is 0.174 e. The van der Waals surface area contributed by atoms with E-state index in [-0.39, 0.29) is 12.1 Å². The van der Waals surface area contributed by atoms with Gasteiger partial charge in [-0.15, -0.1) is 0 Å². The third-order valence-corrected chi connectivity index (χ3v) is 6.68. The number of nitrogens with one attached hydrogen (secondary N) is 1. The molecule has 1 saturated heterocycles. The Kier molecular flexibility index (Phi) is 5.64. The van der Waals surface area contributed by atoms with Crippen molar-refractivity contribution in [2.45, 2.75) is 19.0 Å². The number of hydrogen-bond donors (Lipinski definition) is 1. The molecule has 7 heteroatoms. The maximum Gasteiger partial charge on any atom is 0.174 e. The Morgan fingerprint density at radius 3 is 2.53 bits per heavy atom. The second kappa shape index (κ2) is 8.58. The third-order valence-electron chi connectivity index (χ3n) is 5.55. The van der Waals surface area contributed by atoms with Crippen molar-refractivity contribution >= 4 is 46.2 Å². The standard InChI is InChI=1S/C25H19Cl2N3OS/c1-15-8-10-16(11-9-15)30-24(23(29-25(30)32)19-7-2-3-14-28-19)21-13-12-20(31-21)17-5-4-6-18(26)22(17)27/h2-14,23-24H,1H3,(H,29,32). The fraction of sp³-hybridized carbons (Fsp3) is 0.120. The van der Waals surface area contributed by atoms with Crippen LogP contribution < -0.4 is 10.2 Å². The second-order valence-corrected chi connectivity index (χ2v) is 8.81. The lowest BCUT2D eigenvalue weighted by atomic mass is 10.0. The van der Waals surface area contributed by atoms with Crippen LogP contribution in [0.4, 0.5) is 5.69 Å². The molecule has 0 amide bonds. The van der Waals surface area contributed by atoms with Gasteiger partial charge in [-0.2, -0.15) is 0 Å². The van der Waals surface area contributed by atoms with Crippen molar-refractivity contribution in [3.63, 3.8) is 0 Å². The van der Waals surface area contributed by atoms with Gasteiger partial charge in [0.1, 0.15) is 17.6 Å². The van der Waals surface area contributed by atoms with E-state index in [4.69, 9.17) is 39.8 Å². The van der Waals surface area contributed by atoms with Crippen molar-refractivity contribution in [3.8, 4) is 11.3 Å². The van der Waals surface area contributed by atoms with Crippen molar-refractivity contribution in [2.24, 2.45) is 0 Å². The zero-order valence-electron chi connectivity index (χ0n) is 17.1. The summed E-state index contributed by atoms with van der Waals surface area (Å²) in [6.45, 7) is 2.06. The van der Waals surface area contributed by atoms with Crippen LogP contribution in [0.2, 0.25) is 10.0 Å². The number of furan rings is 1. The largest absolute Gasteiger partial charge is 0.459 e. The van der Waals surface area contributed by atoms with Gasteiger partial charge in [0.05, 0.1) is 21.8 Å². The first-order valence-corrected chi connectivity index (χ1v) is 11.3. The van der Waals surface area contributed by atoms with Gasteiger partial charge < -0.3 is 14.6 Å². The first-order valence-electron chi connectivity index (χ1n) is 10.1. The Hall–Kier alpha value is -2.86. The Morgan fingerprint density at radius 2 is 1.78 bits per heavy atom. The van der Waals surface area contributed by atoms with Gasteiger partial charge >= 0.3 is 0 Å². The molecule has 1 aliphatic heterocycles. The minimum absolute atomic E-state index is 0.182. The maximum absolute atomic E-state index is 6.44. The Morgan fingerprint density at radius 1 is 0.969 bits per heavy atom. The molecule has 5 rings (SSSR count). The van der Waals surface area contributed by atoms with Crippen molar-refractivity contribution in [1.29, 1.82) is 0 Å². The van der Waals surface area contributed by atoms with Gasteiger partial charge in [0.15, 0.2) is 5.11 Å². The summed E-state index contributed by atoms with van der Waals surface area (Å²) in [5, 5.41) is 5.01. The minimum Gasteiger partial charge on any atom is -0.459 e. The van der Waals surface area contributed by atoms with E-state index in [1.807, 2.05) is 42.5 Å². The molecule has 4 aromatic rings. The van der Waals surface area contributed by atoms with E-state index < -0.39 is 0 Å². The lowest BCUT2D eigenvalue weighted by Gasteiger charge is -2.26. The van der Waals surface area contributed by atoms with Crippen molar-refractivity contribution < 1.29 is 4.42 Å². The van der Waals surface area contributed by atoms with E-state index in [0.717, 1.165) is 22.7 Å². The molecule has 0 radical (unpaired) electrons. The van der Waals surface area contributed by atoms with Crippen molar-refractivity contribution in [1.82, 2.24) is 10.3 Å². The predicted octanol–water partition coefficient (Wildman–Crippen LogP) is 7.13. The van der Waals surface area contributed by atoms with Gasteiger partial charge in [-0.1, -0.05) is 53.0 Å². The molecule has 1 fully saturated rings. The summed E-state index contributed by atoms with van der Waals surface area (Å²) in [7, 11) is 0. The average molecular weight is 480 g/mol. The molecular formula is C25H19Cl2N3OS. The highest BCUT2D eigenvalue weighted by molar-refractivity contribution is 7.80. The molecular weight excluding hydrogens is 461 g/mol. The number of hydrogen-bond acceptors (Lipinski definition) is 3. The monoisotopic (exact) mass is 479 g/mol. The summed E-state index contributed by atoms with van der Waals surface area (Å²) in [5.74, 6) is 1.40. The number of anilines is 1. The van der Waals surface area contributed by atoms with Crippen LogP contribution in [0.3, 0.4) is 0 Å². The summed E-state index contributed by atoms with van der Waals surface area (Å²) >= 11 is 18.4. The number of aromatic nitrogens is 1. The predicted molar refractivity (Wildman–Crippen MR) is 133 cm³/mol. The first-order chi connectivity index (χ1) is 15.5. The molecule has 2 unspecified atom stereocenters. The number of rotatable bonds is 4. The molecule has 2 aromatic carbocycles. The number of benzene rings is 2. The van der Waals surface area contributed by atoms with Crippen LogP contribution in [-0.4, -0.2) is 10.1 Å². The number of thiocarbonyl (C=S) groups is 1. The maximum atomic E-state index is 6.44. The fourth-order valence-corrected chi connectivity index (χ4v) is 4.72. The quantitative estimate of drug-likeness (QED) is 0.315. The summed E-state index contributed by atoms with van der Waals surface area (Å²) in [5.41, 5.74) is 3.79. The molecule has 4 nitrogen and oxygen atoms in total. The molecule has 2 atom stereocenters. The molecule has 1 N–H and O–H groups in total. The SMILES string of the molecule is Cc1ccc(N2C(=S)NC(c3ccccn3)C2c2ccc(-c3cccc(Cl)c3Cl)o2)cc1. The van der Waals surface area contributed by atoms with E-state index in [1.165, 1.54) is 5.56 Å². The molecule has 0 saturated carbocycles. The van der Waals surface area contributed by atoms with Crippen LogP contribution >= 0.6 is 35.4 Å². The summed E-state index contributed by atoms with van der Waals surface area (Å²) < 4.78 is 6.35. The van der Waals surface area contributed by atoms with Gasteiger partial charge in [0, 0.05) is 17.4 Å². The molecule has 0 bridgehead atoms. The van der Waals surface area contributed by atoms with Crippen LogP contribution in [-0.2, 0) is 0 Å². The zero-order chi connectivity index (χ0) is 22.2. The van der Waals surface area contributed by atoms with Crippen LogP contribution in [0.25, 0.3) is 11.3 Å². The van der Waals surface area contributed by atoms with Crippen LogP contribution in [0.5, 0.6) is 0 Å². The Bertz CT molecular complexity index is 1270. The highest BCUT2D eigenvalue weighted by Gasteiger charge is 2.42. The second-order valence-electron chi connectivity index (χ2n) is 7.64. The highest BCUT2D eigenvalue weighted by atomic mass is 35.5. The number of halogens is 2. The lowest BCUT2D eigenvalue weighted by molar-refractivity contribution is 0.439. The topological polar surface area (TPSA) is 41.3 Å². The summed E-state index contributed by atoms with van der Waals surface area (Å²) in [6.07, 6.45) is 1.78. The van der Waals surface area contributed by atoms with Crippen molar-refractivity contribution in [2.75, 3.05) is 4.90 Å². The molecule has 1 aliphatic rings.